The molecule has 212 valence electrons. The Hall–Kier alpha value is -3.00. The van der Waals surface area contributed by atoms with Crippen molar-refractivity contribution in [3.8, 4) is 23.0 Å². The van der Waals surface area contributed by atoms with Crippen molar-refractivity contribution in [3.63, 3.8) is 0 Å². The van der Waals surface area contributed by atoms with Crippen LogP contribution < -0.4 is 9.64 Å². The topological polar surface area (TPSA) is 74.6 Å². The predicted molar refractivity (Wildman–Crippen MR) is 154 cm³/mol. The van der Waals surface area contributed by atoms with E-state index in [0.29, 0.717) is 35.3 Å². The Morgan fingerprint density at radius 2 is 1.95 bits per heavy atom. The molecule has 2 unspecified atom stereocenters. The van der Waals surface area contributed by atoms with Crippen molar-refractivity contribution in [2.24, 2.45) is 17.8 Å². The number of halogens is 1. The summed E-state index contributed by atoms with van der Waals surface area (Å²) in [5.41, 5.74) is 1.98. The Morgan fingerprint density at radius 1 is 1.15 bits per heavy atom. The Balaban J connectivity index is 1.32. The molecule has 4 aliphatic rings. The van der Waals surface area contributed by atoms with Gasteiger partial charge in [0.1, 0.15) is 29.4 Å². The number of hydrogen-bond acceptors (Lipinski definition) is 7. The van der Waals surface area contributed by atoms with E-state index in [2.05, 4.69) is 35.6 Å². The minimum Gasteiger partial charge on any atom is -0.508 e. The molecule has 3 aromatic rings. The molecule has 0 radical (unpaired) electrons. The van der Waals surface area contributed by atoms with Gasteiger partial charge < -0.3 is 14.7 Å². The lowest BCUT2D eigenvalue weighted by Crippen LogP contribution is -2.43. The number of ether oxygens (including phenoxy) is 1. The van der Waals surface area contributed by atoms with Gasteiger partial charge in [-0.25, -0.2) is 4.39 Å². The van der Waals surface area contributed by atoms with Gasteiger partial charge in [0, 0.05) is 31.4 Å². The second kappa shape index (κ2) is 9.82. The van der Waals surface area contributed by atoms with Gasteiger partial charge in [-0.15, -0.1) is 0 Å². The van der Waals surface area contributed by atoms with E-state index in [4.69, 9.17) is 14.7 Å². The Labute approximate surface area is 235 Å². The number of hydrogen-bond donors (Lipinski definition) is 1. The summed E-state index contributed by atoms with van der Waals surface area (Å²) >= 11 is 0. The van der Waals surface area contributed by atoms with Gasteiger partial charge in [-0.3, -0.25) is 9.88 Å². The van der Waals surface area contributed by atoms with Gasteiger partial charge in [-0.1, -0.05) is 26.8 Å². The zero-order valence-electron chi connectivity index (χ0n) is 23.9. The van der Waals surface area contributed by atoms with Crippen molar-refractivity contribution >= 4 is 16.7 Å². The summed E-state index contributed by atoms with van der Waals surface area (Å²) in [5, 5.41) is 10.9. The number of nitrogens with zero attached hydrogens (tertiary/aromatic N) is 5. The SMILES string of the molecule is CC(C)c1ccc(O)cc1-c1ncc2c(N3CC4CCC(C4)C3)nc(OC[C@@]34CCCN3C[C@H](C)C4)nc2c1F. The third-order valence-electron chi connectivity index (χ3n) is 9.94. The molecule has 5 heterocycles. The number of anilines is 1. The lowest BCUT2D eigenvalue weighted by atomic mass is 9.92. The molecule has 2 bridgehead atoms. The van der Waals surface area contributed by atoms with Gasteiger partial charge >= 0.3 is 6.01 Å². The van der Waals surface area contributed by atoms with Gasteiger partial charge in [-0.05, 0) is 86.4 Å². The lowest BCUT2D eigenvalue weighted by molar-refractivity contribution is 0.107. The van der Waals surface area contributed by atoms with Crippen LogP contribution >= 0.6 is 0 Å². The van der Waals surface area contributed by atoms with Crippen LogP contribution in [0.25, 0.3) is 22.2 Å². The maximum absolute atomic E-state index is 16.5. The Bertz CT molecular complexity index is 1430. The maximum atomic E-state index is 16.5. The van der Waals surface area contributed by atoms with Crippen molar-refractivity contribution in [1.29, 1.82) is 0 Å². The first-order chi connectivity index (χ1) is 19.3. The van der Waals surface area contributed by atoms with Crippen LogP contribution in [0.1, 0.15) is 70.8 Å². The summed E-state index contributed by atoms with van der Waals surface area (Å²) in [7, 11) is 0. The highest BCUT2D eigenvalue weighted by Crippen LogP contribution is 2.43. The summed E-state index contributed by atoms with van der Waals surface area (Å²) in [6.07, 6.45) is 8.89. The quantitative estimate of drug-likeness (QED) is 0.398. The molecular formula is C32H40FN5O2. The minimum absolute atomic E-state index is 0.0256. The average Bonchev–Trinajstić information content (AvgIpc) is 3.57. The molecular weight excluding hydrogens is 505 g/mol. The van der Waals surface area contributed by atoms with Crippen molar-refractivity contribution < 1.29 is 14.2 Å². The first kappa shape index (κ1) is 25.9. The molecule has 4 fully saturated rings. The fourth-order valence-corrected chi connectivity index (χ4v) is 8.17. The Kier molecular flexibility index (Phi) is 6.37. The molecule has 1 N–H and O–H groups in total. The molecule has 3 saturated heterocycles. The first-order valence-electron chi connectivity index (χ1n) is 15.1. The number of fused-ring (bicyclic) bond motifs is 4. The summed E-state index contributed by atoms with van der Waals surface area (Å²) in [6, 6.07) is 5.34. The monoisotopic (exact) mass is 545 g/mol. The first-order valence-corrected chi connectivity index (χ1v) is 15.1. The van der Waals surface area contributed by atoms with E-state index in [-0.39, 0.29) is 34.4 Å². The number of phenols is 1. The van der Waals surface area contributed by atoms with E-state index in [1.165, 1.54) is 25.7 Å². The second-order valence-electron chi connectivity index (χ2n) is 13.3. The fourth-order valence-electron chi connectivity index (χ4n) is 8.17. The van der Waals surface area contributed by atoms with Crippen molar-refractivity contribution in [2.45, 2.75) is 70.8 Å². The molecule has 3 aliphatic heterocycles. The highest BCUT2D eigenvalue weighted by molar-refractivity contribution is 5.92. The van der Waals surface area contributed by atoms with Crippen LogP contribution in [-0.2, 0) is 0 Å². The van der Waals surface area contributed by atoms with E-state index in [0.717, 1.165) is 50.4 Å². The zero-order chi connectivity index (χ0) is 27.6. The number of aromatic hydroxyl groups is 1. The van der Waals surface area contributed by atoms with Crippen LogP contribution in [0, 0.1) is 23.6 Å². The maximum Gasteiger partial charge on any atom is 0.319 e. The molecule has 4 atom stereocenters. The lowest BCUT2D eigenvalue weighted by Gasteiger charge is -2.34. The molecule has 2 aromatic heterocycles. The molecule has 7 nitrogen and oxygen atoms in total. The van der Waals surface area contributed by atoms with Crippen LogP contribution in [0.5, 0.6) is 11.8 Å². The van der Waals surface area contributed by atoms with E-state index in [9.17, 15) is 5.11 Å². The molecule has 0 amide bonds. The number of benzene rings is 1. The van der Waals surface area contributed by atoms with Crippen molar-refractivity contribution in [2.75, 3.05) is 37.7 Å². The van der Waals surface area contributed by atoms with Gasteiger partial charge in [0.05, 0.1) is 10.9 Å². The van der Waals surface area contributed by atoms with Crippen molar-refractivity contribution in [1.82, 2.24) is 19.9 Å². The fraction of sp³-hybridized carbons (Fsp3) is 0.594. The van der Waals surface area contributed by atoms with E-state index in [1.807, 2.05) is 6.07 Å². The Morgan fingerprint density at radius 3 is 2.73 bits per heavy atom. The predicted octanol–water partition coefficient (Wildman–Crippen LogP) is 6.15. The van der Waals surface area contributed by atoms with E-state index < -0.39 is 5.82 Å². The average molecular weight is 546 g/mol. The minimum atomic E-state index is -0.492. The highest BCUT2D eigenvalue weighted by atomic mass is 19.1. The molecule has 1 saturated carbocycles. The molecule has 0 spiro atoms. The largest absolute Gasteiger partial charge is 0.508 e. The number of piperidine rings is 1. The van der Waals surface area contributed by atoms with E-state index >= 15 is 4.39 Å². The zero-order valence-corrected chi connectivity index (χ0v) is 23.9. The smallest absolute Gasteiger partial charge is 0.319 e. The van der Waals surface area contributed by atoms with Gasteiger partial charge in [0.15, 0.2) is 5.82 Å². The third kappa shape index (κ3) is 4.39. The molecule has 7 rings (SSSR count). The molecule has 1 aliphatic carbocycles. The standard InChI is InChI=1S/C32H40FN5O2/c1-19(2)24-8-7-23(39)12-25(24)28-27(33)29-26(14-34-28)30(37-16-21-5-6-22(11-21)17-37)36-31(35-29)40-18-32-9-4-10-38(32)15-20(3)13-32/h7-8,12,14,19-22,39H,4-6,9-11,13,15-18H2,1-3H3/t20-,21?,22?,32+/m1/s1. The number of aromatic nitrogens is 3. The summed E-state index contributed by atoms with van der Waals surface area (Å²) in [6.45, 7) is 11.0. The molecule has 8 heteroatoms. The summed E-state index contributed by atoms with van der Waals surface area (Å²) in [4.78, 5) is 19.1. The van der Waals surface area contributed by atoms with Gasteiger partial charge in [-0.2, -0.15) is 9.97 Å². The van der Waals surface area contributed by atoms with Crippen LogP contribution in [-0.4, -0.2) is 63.3 Å². The second-order valence-corrected chi connectivity index (χ2v) is 13.3. The number of pyridine rings is 1. The van der Waals surface area contributed by atoms with Crippen LogP contribution in [0.3, 0.4) is 0 Å². The van der Waals surface area contributed by atoms with Gasteiger partial charge in [0.25, 0.3) is 0 Å². The number of rotatable bonds is 6. The molecule has 1 aromatic carbocycles. The van der Waals surface area contributed by atoms with E-state index in [1.54, 1.807) is 18.3 Å². The van der Waals surface area contributed by atoms with Crippen LogP contribution in [0.4, 0.5) is 10.2 Å². The number of phenolic OH excluding ortho intramolecular Hbond substituents is 1. The van der Waals surface area contributed by atoms with Crippen LogP contribution in [0.2, 0.25) is 0 Å². The summed E-state index contributed by atoms with van der Waals surface area (Å²) in [5.74, 6) is 2.41. The summed E-state index contributed by atoms with van der Waals surface area (Å²) < 4.78 is 22.9. The normalized spacial score (nSPS) is 28.1. The van der Waals surface area contributed by atoms with Crippen molar-refractivity contribution in [3.05, 3.63) is 35.8 Å². The third-order valence-corrected chi connectivity index (χ3v) is 9.94. The molecule has 40 heavy (non-hydrogen) atoms. The van der Waals surface area contributed by atoms with Gasteiger partial charge in [0.2, 0.25) is 0 Å². The van der Waals surface area contributed by atoms with Crippen LogP contribution in [0.15, 0.2) is 24.4 Å². The highest BCUT2D eigenvalue weighted by Gasteiger charge is 2.48.